The lowest BCUT2D eigenvalue weighted by Crippen LogP contribution is -2.00. The van der Waals surface area contributed by atoms with Crippen molar-refractivity contribution in [3.05, 3.63) is 67.8 Å². The predicted octanol–water partition coefficient (Wildman–Crippen LogP) is 3.58. The van der Waals surface area contributed by atoms with Crippen LogP contribution >= 0.6 is 23.2 Å². The van der Waals surface area contributed by atoms with Gasteiger partial charge in [-0.3, -0.25) is 0 Å². The first kappa shape index (κ1) is 15.7. The highest BCUT2D eigenvalue weighted by Gasteiger charge is 2.11. The maximum atomic E-state index is 11.9. The molecule has 0 fully saturated rings. The van der Waals surface area contributed by atoms with Crippen molar-refractivity contribution in [3.63, 3.8) is 0 Å². The Hall–Kier alpha value is -0.720. The molecule has 1 atom stereocenters. The second kappa shape index (κ2) is 6.37. The van der Waals surface area contributed by atoms with E-state index in [0.717, 1.165) is 16.4 Å². The van der Waals surface area contributed by atoms with Crippen molar-refractivity contribution in [1.29, 1.82) is 0 Å². The fourth-order valence-electron chi connectivity index (χ4n) is 1.53. The lowest BCUT2D eigenvalue weighted by atomic mass is 10.2. The van der Waals surface area contributed by atoms with E-state index in [1.165, 1.54) is 17.6 Å². The Bertz CT molecular complexity index is 706. The van der Waals surface area contributed by atoms with Crippen molar-refractivity contribution in [2.45, 2.75) is 5.75 Å². The van der Waals surface area contributed by atoms with Gasteiger partial charge in [0.2, 0.25) is 0 Å². The van der Waals surface area contributed by atoms with Gasteiger partial charge in [-0.15, -0.1) is 0 Å². The molecule has 0 saturated heterocycles. The molecular weight excluding hydrogens is 339 g/mol. The molecule has 0 spiro atoms. The van der Waals surface area contributed by atoms with Crippen molar-refractivity contribution in [2.24, 2.45) is 0 Å². The van der Waals surface area contributed by atoms with E-state index in [4.69, 9.17) is 23.2 Å². The topological polar surface area (TPSA) is 57.2 Å². The normalized spacial score (nSPS) is 18.4. The summed E-state index contributed by atoms with van der Waals surface area (Å²) in [7, 11) is -3.24. The van der Waals surface area contributed by atoms with Crippen LogP contribution in [0.4, 0.5) is 0 Å². The first-order valence-corrected chi connectivity index (χ1v) is 9.25. The van der Waals surface area contributed by atoms with Gasteiger partial charge in [0, 0.05) is 26.4 Å². The first-order chi connectivity index (χ1) is 9.35. The van der Waals surface area contributed by atoms with E-state index in [0.29, 0.717) is 15.6 Å². The standard InChI is InChI=1S/C13H10Cl2O3S2/c14-12-2-1-11(13(15)7-12)8-19(16)5-3-10-4-6-20(17,18)9-10/h1-7,9H,8H2. The van der Waals surface area contributed by atoms with Crippen LogP contribution in [0.5, 0.6) is 0 Å². The SMILES string of the molecule is O=S1(=O)C=CC(C=C[S+]([O-])Cc2ccc(Cl)cc2Cl)=C1. The van der Waals surface area contributed by atoms with Gasteiger partial charge in [-0.2, -0.15) is 0 Å². The molecule has 0 amide bonds. The Morgan fingerprint density at radius 3 is 2.65 bits per heavy atom. The molecule has 1 aliphatic heterocycles. The number of sulfone groups is 1. The van der Waals surface area contributed by atoms with Crippen LogP contribution in [0.1, 0.15) is 5.56 Å². The molecular formula is C13H10Cl2O3S2. The summed E-state index contributed by atoms with van der Waals surface area (Å²) < 4.78 is 34.2. The largest absolute Gasteiger partial charge is 0.612 e. The molecule has 0 aliphatic carbocycles. The number of rotatable bonds is 4. The minimum Gasteiger partial charge on any atom is -0.612 e. The van der Waals surface area contributed by atoms with Crippen LogP contribution in [-0.2, 0) is 26.8 Å². The van der Waals surface area contributed by atoms with Gasteiger partial charge in [0.05, 0.1) is 0 Å². The number of allylic oxidation sites excluding steroid dienone is 3. The summed E-state index contributed by atoms with van der Waals surface area (Å²) in [4.78, 5) is 0. The van der Waals surface area contributed by atoms with E-state index in [1.54, 1.807) is 18.2 Å². The van der Waals surface area contributed by atoms with Crippen molar-refractivity contribution < 1.29 is 13.0 Å². The van der Waals surface area contributed by atoms with Gasteiger partial charge in [0.15, 0.2) is 9.84 Å². The number of hydrogen-bond acceptors (Lipinski definition) is 3. The Morgan fingerprint density at radius 1 is 1.30 bits per heavy atom. The van der Waals surface area contributed by atoms with Gasteiger partial charge >= 0.3 is 0 Å². The lowest BCUT2D eigenvalue weighted by molar-refractivity contribution is 0.602. The molecule has 106 valence electrons. The van der Waals surface area contributed by atoms with Crippen LogP contribution in [0.3, 0.4) is 0 Å². The maximum Gasteiger partial charge on any atom is 0.193 e. The van der Waals surface area contributed by atoms with Crippen molar-refractivity contribution in [3.8, 4) is 0 Å². The first-order valence-electron chi connectivity index (χ1n) is 5.50. The molecule has 0 aromatic heterocycles. The van der Waals surface area contributed by atoms with Crippen LogP contribution in [0.25, 0.3) is 0 Å². The second-order valence-corrected chi connectivity index (χ2v) is 7.93. The van der Waals surface area contributed by atoms with E-state index in [2.05, 4.69) is 0 Å². The molecule has 1 aromatic carbocycles. The van der Waals surface area contributed by atoms with Gasteiger partial charge in [-0.05, 0) is 41.0 Å². The minimum absolute atomic E-state index is 0.246. The highest BCUT2D eigenvalue weighted by Crippen LogP contribution is 2.23. The third-order valence-corrected chi connectivity index (χ3v) is 5.21. The molecule has 1 aromatic rings. The van der Waals surface area contributed by atoms with E-state index in [-0.39, 0.29) is 5.75 Å². The Kier molecular flexibility index (Phi) is 4.99. The zero-order chi connectivity index (χ0) is 14.8. The number of benzene rings is 1. The molecule has 0 N–H and O–H groups in total. The summed E-state index contributed by atoms with van der Waals surface area (Å²) in [5.74, 6) is 0.246. The highest BCUT2D eigenvalue weighted by atomic mass is 35.5. The van der Waals surface area contributed by atoms with Crippen LogP contribution < -0.4 is 0 Å². The second-order valence-electron chi connectivity index (χ2n) is 4.07. The Morgan fingerprint density at radius 2 is 2.05 bits per heavy atom. The summed E-state index contributed by atoms with van der Waals surface area (Å²) in [6.07, 6.45) is 2.97. The molecule has 1 heterocycles. The van der Waals surface area contributed by atoms with Gasteiger partial charge in [-0.1, -0.05) is 29.3 Å². The van der Waals surface area contributed by atoms with E-state index < -0.39 is 21.0 Å². The molecule has 20 heavy (non-hydrogen) atoms. The molecule has 0 radical (unpaired) electrons. The van der Waals surface area contributed by atoms with E-state index >= 15 is 0 Å². The average Bonchev–Trinajstić information content (AvgIpc) is 2.70. The zero-order valence-electron chi connectivity index (χ0n) is 10.1. The van der Waals surface area contributed by atoms with E-state index in [9.17, 15) is 13.0 Å². The quantitative estimate of drug-likeness (QED) is 0.781. The van der Waals surface area contributed by atoms with Crippen molar-refractivity contribution in [2.75, 3.05) is 0 Å². The third-order valence-electron chi connectivity index (χ3n) is 2.48. The lowest BCUT2D eigenvalue weighted by Gasteiger charge is -2.07. The molecule has 3 nitrogen and oxygen atoms in total. The van der Waals surface area contributed by atoms with Crippen LogP contribution in [-0.4, -0.2) is 13.0 Å². The highest BCUT2D eigenvalue weighted by molar-refractivity contribution is 7.97. The summed E-state index contributed by atoms with van der Waals surface area (Å²) in [5, 5.41) is 4.65. The Balaban J connectivity index is 2.03. The van der Waals surface area contributed by atoms with Crippen molar-refractivity contribution in [1.82, 2.24) is 0 Å². The van der Waals surface area contributed by atoms with Gasteiger partial charge in [0.1, 0.15) is 11.2 Å². The fraction of sp³-hybridized carbons (Fsp3) is 0.0769. The van der Waals surface area contributed by atoms with Crippen LogP contribution in [0.15, 0.2) is 52.1 Å². The minimum atomic E-state index is -3.24. The summed E-state index contributed by atoms with van der Waals surface area (Å²) >= 11 is 10.5. The molecule has 7 heteroatoms. The van der Waals surface area contributed by atoms with E-state index in [1.807, 2.05) is 0 Å². The molecule has 0 saturated carbocycles. The summed E-state index contributed by atoms with van der Waals surface area (Å²) in [6.45, 7) is 0. The van der Waals surface area contributed by atoms with Crippen LogP contribution in [0, 0.1) is 0 Å². The summed E-state index contributed by atoms with van der Waals surface area (Å²) in [5.41, 5.74) is 1.23. The fourth-order valence-corrected chi connectivity index (χ4v) is 4.01. The third kappa shape index (κ3) is 4.40. The molecule has 2 rings (SSSR count). The van der Waals surface area contributed by atoms with Gasteiger partial charge in [0.25, 0.3) is 0 Å². The predicted molar refractivity (Wildman–Crippen MR) is 83.6 cm³/mol. The zero-order valence-corrected chi connectivity index (χ0v) is 13.3. The van der Waals surface area contributed by atoms with Crippen LogP contribution in [0.2, 0.25) is 10.0 Å². The average molecular weight is 349 g/mol. The number of halogens is 2. The molecule has 1 aliphatic rings. The smallest absolute Gasteiger partial charge is 0.193 e. The summed E-state index contributed by atoms with van der Waals surface area (Å²) in [6, 6.07) is 4.99. The maximum absolute atomic E-state index is 11.9. The van der Waals surface area contributed by atoms with Gasteiger partial charge in [-0.25, -0.2) is 8.42 Å². The molecule has 0 bridgehead atoms. The number of hydrogen-bond donors (Lipinski definition) is 0. The Labute approximate surface area is 130 Å². The van der Waals surface area contributed by atoms with Crippen molar-refractivity contribution >= 4 is 44.2 Å². The monoisotopic (exact) mass is 348 g/mol. The van der Waals surface area contributed by atoms with Gasteiger partial charge < -0.3 is 4.55 Å². The molecule has 1 unspecified atom stereocenters.